The van der Waals surface area contributed by atoms with Crippen LogP contribution in [0.4, 0.5) is 0 Å². The van der Waals surface area contributed by atoms with E-state index >= 15 is 0 Å². The summed E-state index contributed by atoms with van der Waals surface area (Å²) in [6, 6.07) is 0. The van der Waals surface area contributed by atoms with Crippen LogP contribution >= 0.6 is 17.0 Å². The second-order valence-corrected chi connectivity index (χ2v) is 27.7. The molecular formula is C51H96Cl2OZr. The van der Waals surface area contributed by atoms with Crippen LogP contribution in [0.25, 0.3) is 0 Å². The van der Waals surface area contributed by atoms with Crippen molar-refractivity contribution in [3.8, 4) is 0 Å². The quantitative estimate of drug-likeness (QED) is 0.210. The molecule has 0 aromatic heterocycles. The van der Waals surface area contributed by atoms with Gasteiger partial charge in [0.05, 0.1) is 5.60 Å². The van der Waals surface area contributed by atoms with Gasteiger partial charge in [-0.2, -0.15) is 0 Å². The van der Waals surface area contributed by atoms with Crippen LogP contribution in [0.5, 0.6) is 0 Å². The minimum absolute atomic E-state index is 0.0100. The van der Waals surface area contributed by atoms with Gasteiger partial charge in [0.1, 0.15) is 0 Å². The van der Waals surface area contributed by atoms with E-state index in [9.17, 15) is 0 Å². The molecule has 10 atom stereocenters. The van der Waals surface area contributed by atoms with Gasteiger partial charge in [-0.1, -0.05) is 129 Å². The fourth-order valence-corrected chi connectivity index (χ4v) is 14.8. The average Bonchev–Trinajstić information content (AvgIpc) is 3.72. The van der Waals surface area contributed by atoms with E-state index in [1.54, 1.807) is 25.7 Å². The van der Waals surface area contributed by atoms with Crippen LogP contribution in [0.3, 0.4) is 0 Å². The summed E-state index contributed by atoms with van der Waals surface area (Å²) < 4.78 is 5.99. The summed E-state index contributed by atoms with van der Waals surface area (Å²) in [6.45, 7) is 42.6. The molecule has 0 amide bonds. The van der Waals surface area contributed by atoms with E-state index in [1.807, 2.05) is 27.7 Å². The Hall–Kier alpha value is 1.42. The average molecular weight is 887 g/mol. The monoisotopic (exact) mass is 885 g/mol. The van der Waals surface area contributed by atoms with E-state index < -0.39 is 20.8 Å². The van der Waals surface area contributed by atoms with E-state index in [0.717, 1.165) is 71.7 Å². The van der Waals surface area contributed by atoms with E-state index in [1.165, 1.54) is 77.0 Å². The molecule has 4 heteroatoms. The van der Waals surface area contributed by atoms with Crippen LogP contribution < -0.4 is 0 Å². The second-order valence-electron chi connectivity index (χ2n) is 23.9. The molecule has 0 saturated heterocycles. The number of ether oxygens (including phenoxy) is 1. The van der Waals surface area contributed by atoms with Gasteiger partial charge in [0.2, 0.25) is 0 Å². The zero-order valence-electron chi connectivity index (χ0n) is 40.0. The van der Waals surface area contributed by atoms with E-state index in [0.29, 0.717) is 27.1 Å². The summed E-state index contributed by atoms with van der Waals surface area (Å²) in [6.07, 6.45) is 23.5. The first-order valence-electron chi connectivity index (χ1n) is 24.2. The standard InChI is InChI=1S/C47H84O.2C2H6.2ClH.Zr/c1-42(2,3)48-25-17-15-14-16-18-31-19-20-32(26-31)47(12,13)41-35-29-39-37(43(4,5)21-23-45(39,8)9)27-33(35)34-28-38-40(30-36(34)41)46(10,11)24-22-44(38,6)7;2*1-2;;;/h31-41H,14-30H2,1-13H3;2*1-2H3;2*1H;/q;;;;;+2/p-2. The minimum atomic E-state index is -0.826. The topological polar surface area (TPSA) is 9.23 Å². The van der Waals surface area contributed by atoms with Gasteiger partial charge in [0.25, 0.3) is 0 Å². The van der Waals surface area contributed by atoms with Gasteiger partial charge in [0.15, 0.2) is 0 Å². The Morgan fingerprint density at radius 2 is 0.891 bits per heavy atom. The Balaban J connectivity index is 0.00000109. The van der Waals surface area contributed by atoms with Crippen molar-refractivity contribution in [3.63, 3.8) is 0 Å². The number of hydrogen-bond acceptors (Lipinski definition) is 1. The summed E-state index contributed by atoms with van der Waals surface area (Å²) in [4.78, 5) is 0. The van der Waals surface area contributed by atoms with Gasteiger partial charge < -0.3 is 4.74 Å². The normalized spacial score (nSPS) is 37.8. The number of hydrogen-bond donors (Lipinski definition) is 0. The molecule has 10 unspecified atom stereocenters. The van der Waals surface area contributed by atoms with Crippen LogP contribution in [0, 0.1) is 92.2 Å². The number of unbranched alkanes of at least 4 members (excludes halogenated alkanes) is 3. The molecule has 0 bridgehead atoms. The third kappa shape index (κ3) is 11.9. The van der Waals surface area contributed by atoms with Crippen molar-refractivity contribution in [1.82, 2.24) is 0 Å². The van der Waals surface area contributed by atoms with Gasteiger partial charge in [-0.15, -0.1) is 0 Å². The van der Waals surface area contributed by atoms with E-state index in [-0.39, 0.29) is 5.60 Å². The molecule has 6 aliphatic rings. The van der Waals surface area contributed by atoms with Crippen molar-refractivity contribution in [2.75, 3.05) is 6.61 Å². The van der Waals surface area contributed by atoms with Crippen LogP contribution in [0.15, 0.2) is 0 Å². The molecule has 0 spiro atoms. The predicted octanol–water partition coefficient (Wildman–Crippen LogP) is 17.5. The van der Waals surface area contributed by atoms with Crippen molar-refractivity contribution in [2.45, 2.75) is 226 Å². The second kappa shape index (κ2) is 20.5. The summed E-state index contributed by atoms with van der Waals surface area (Å²) in [5, 5.41) is 0. The molecule has 0 aliphatic heterocycles. The Labute approximate surface area is 364 Å². The molecule has 6 fully saturated rings. The maximum absolute atomic E-state index is 5.99. The Morgan fingerprint density at radius 1 is 0.527 bits per heavy atom. The summed E-state index contributed by atoms with van der Waals surface area (Å²) in [7, 11) is 9.87. The van der Waals surface area contributed by atoms with Gasteiger partial charge >= 0.3 is 37.9 Å². The number of rotatable bonds is 9. The van der Waals surface area contributed by atoms with Crippen LogP contribution in [0.2, 0.25) is 0 Å². The molecule has 324 valence electrons. The molecule has 6 aliphatic carbocycles. The van der Waals surface area contributed by atoms with Gasteiger partial charge in [-0.05, 0) is 184 Å². The molecule has 0 aromatic carbocycles. The molecule has 0 N–H and O–H groups in total. The zero-order valence-corrected chi connectivity index (χ0v) is 44.0. The molecule has 0 aromatic rings. The van der Waals surface area contributed by atoms with Crippen LogP contribution in [-0.4, -0.2) is 12.2 Å². The number of halogens is 2. The van der Waals surface area contributed by atoms with Crippen LogP contribution in [0.1, 0.15) is 220 Å². The first-order chi connectivity index (χ1) is 25.6. The van der Waals surface area contributed by atoms with Crippen molar-refractivity contribution in [1.29, 1.82) is 0 Å². The molecule has 0 heterocycles. The summed E-state index contributed by atoms with van der Waals surface area (Å²) >= 11 is -0.826. The third-order valence-corrected chi connectivity index (χ3v) is 18.0. The molecule has 6 saturated carbocycles. The number of fused-ring (bicyclic) bond motifs is 5. The van der Waals surface area contributed by atoms with Gasteiger partial charge in [-0.3, -0.25) is 0 Å². The zero-order chi connectivity index (χ0) is 41.8. The van der Waals surface area contributed by atoms with E-state index in [4.69, 9.17) is 21.8 Å². The SMILES string of the molecule is CC.CC.CC(C)(C)OCCCCCCC1CCC(C(C)(C)C2C3CC4C(CC3C3CC5C(CC32)C(C)(C)CCC5(C)C)C(C)(C)CCC4(C)C)C1.[Cl][Zr][Cl]. The van der Waals surface area contributed by atoms with Crippen LogP contribution in [-0.2, 0) is 25.6 Å². The van der Waals surface area contributed by atoms with Crippen molar-refractivity contribution < 1.29 is 25.6 Å². The molecule has 55 heavy (non-hydrogen) atoms. The maximum atomic E-state index is 5.99. The first kappa shape index (κ1) is 50.8. The Bertz CT molecular complexity index is 1080. The van der Waals surface area contributed by atoms with Crippen molar-refractivity contribution in [2.24, 2.45) is 92.2 Å². The van der Waals surface area contributed by atoms with Crippen molar-refractivity contribution in [3.05, 3.63) is 0 Å². The Morgan fingerprint density at radius 3 is 1.27 bits per heavy atom. The third-order valence-electron chi connectivity index (χ3n) is 18.0. The van der Waals surface area contributed by atoms with E-state index in [2.05, 4.69) is 90.0 Å². The summed E-state index contributed by atoms with van der Waals surface area (Å²) in [5.41, 5.74) is 2.57. The fourth-order valence-electron chi connectivity index (χ4n) is 14.8. The molecule has 6 rings (SSSR count). The van der Waals surface area contributed by atoms with Gasteiger partial charge in [0, 0.05) is 6.61 Å². The first-order valence-corrected chi connectivity index (χ1v) is 30.5. The van der Waals surface area contributed by atoms with Gasteiger partial charge in [-0.25, -0.2) is 0 Å². The molecule has 0 radical (unpaired) electrons. The molecule has 1 nitrogen and oxygen atoms in total. The Kier molecular flexibility index (Phi) is 19.0. The summed E-state index contributed by atoms with van der Waals surface area (Å²) in [5.74, 6) is 10.6. The predicted molar refractivity (Wildman–Crippen MR) is 241 cm³/mol. The molecular weight excluding hydrogens is 791 g/mol. The fraction of sp³-hybridized carbons (Fsp3) is 1.00. The van der Waals surface area contributed by atoms with Crippen molar-refractivity contribution >= 4 is 17.0 Å².